The van der Waals surface area contributed by atoms with Crippen molar-refractivity contribution in [3.63, 3.8) is 0 Å². The summed E-state index contributed by atoms with van der Waals surface area (Å²) < 4.78 is 0. The summed E-state index contributed by atoms with van der Waals surface area (Å²) in [5.74, 6) is -0.448. The van der Waals surface area contributed by atoms with E-state index in [0.29, 0.717) is 11.1 Å². The van der Waals surface area contributed by atoms with E-state index < -0.39 is 9.85 Å². The standard InChI is InChI=1S/C16H14N8O4/c17-15(21-19-9-11-3-1-5-13(7-11)23(25)26)16(18)22-20-10-12-4-2-6-14(8-12)24(27)28/h1-10H,(H2,17,21)(H2,18,22). The van der Waals surface area contributed by atoms with Gasteiger partial charge in [0.1, 0.15) is 0 Å². The molecule has 0 aliphatic rings. The van der Waals surface area contributed by atoms with Crippen LogP contribution in [0, 0.1) is 20.2 Å². The number of hydrogen-bond donors (Lipinski definition) is 2. The molecule has 0 saturated heterocycles. The second-order valence-corrected chi connectivity index (χ2v) is 5.16. The van der Waals surface area contributed by atoms with Crippen molar-refractivity contribution >= 4 is 35.5 Å². The molecule has 0 unspecified atom stereocenters. The maximum atomic E-state index is 10.7. The Morgan fingerprint density at radius 1 is 0.786 bits per heavy atom. The molecule has 0 atom stereocenters. The Morgan fingerprint density at radius 2 is 1.18 bits per heavy atom. The van der Waals surface area contributed by atoms with Crippen LogP contribution in [0.1, 0.15) is 11.1 Å². The molecule has 2 aromatic carbocycles. The van der Waals surface area contributed by atoms with Crippen molar-refractivity contribution in [3.8, 4) is 0 Å². The highest BCUT2D eigenvalue weighted by molar-refractivity contribution is 6.39. The van der Waals surface area contributed by atoms with E-state index >= 15 is 0 Å². The molecule has 0 aliphatic carbocycles. The second-order valence-electron chi connectivity index (χ2n) is 5.16. The molecule has 0 aromatic heterocycles. The number of benzene rings is 2. The highest BCUT2D eigenvalue weighted by atomic mass is 16.6. The van der Waals surface area contributed by atoms with Crippen LogP contribution in [0.3, 0.4) is 0 Å². The summed E-state index contributed by atoms with van der Waals surface area (Å²) in [5.41, 5.74) is 12.0. The zero-order valence-electron chi connectivity index (χ0n) is 14.2. The van der Waals surface area contributed by atoms with Gasteiger partial charge in [-0.3, -0.25) is 20.2 Å². The fraction of sp³-hybridized carbons (Fsp3) is 0. The summed E-state index contributed by atoms with van der Waals surface area (Å²) in [6.45, 7) is 0. The predicted octanol–water partition coefficient (Wildman–Crippen LogP) is 1.59. The van der Waals surface area contributed by atoms with Crippen molar-refractivity contribution in [2.45, 2.75) is 0 Å². The molecule has 0 amide bonds. The molecule has 0 spiro atoms. The molecular formula is C16H14N8O4. The summed E-state index contributed by atoms with van der Waals surface area (Å²) in [7, 11) is 0. The first-order valence-corrected chi connectivity index (χ1v) is 7.59. The Bertz CT molecular complexity index is 932. The molecule has 12 nitrogen and oxygen atoms in total. The van der Waals surface area contributed by atoms with Crippen molar-refractivity contribution in [2.24, 2.45) is 31.9 Å². The van der Waals surface area contributed by atoms with E-state index in [1.807, 2.05) is 0 Å². The lowest BCUT2D eigenvalue weighted by Gasteiger charge is -1.95. The van der Waals surface area contributed by atoms with Gasteiger partial charge in [-0.15, -0.1) is 10.2 Å². The number of nitro benzene ring substituents is 2. The fourth-order valence-corrected chi connectivity index (χ4v) is 1.86. The number of nitro groups is 2. The quantitative estimate of drug-likeness (QED) is 0.330. The van der Waals surface area contributed by atoms with Gasteiger partial charge in [-0.1, -0.05) is 24.3 Å². The van der Waals surface area contributed by atoms with E-state index in [0.717, 1.165) is 0 Å². The molecule has 0 fully saturated rings. The summed E-state index contributed by atoms with van der Waals surface area (Å²) in [6, 6.07) is 11.5. The van der Waals surface area contributed by atoms with Crippen LogP contribution >= 0.6 is 0 Å². The Hall–Kier alpha value is -4.48. The van der Waals surface area contributed by atoms with Gasteiger partial charge >= 0.3 is 0 Å². The van der Waals surface area contributed by atoms with Crippen LogP contribution < -0.4 is 11.5 Å². The molecule has 2 aromatic rings. The molecule has 0 saturated carbocycles. The van der Waals surface area contributed by atoms with Crippen molar-refractivity contribution in [1.29, 1.82) is 0 Å². The summed E-state index contributed by atoms with van der Waals surface area (Å²) in [6.07, 6.45) is 2.53. The maximum Gasteiger partial charge on any atom is 0.270 e. The first-order chi connectivity index (χ1) is 13.4. The zero-order valence-corrected chi connectivity index (χ0v) is 14.2. The minimum absolute atomic E-state index is 0.0857. The molecule has 2 rings (SSSR count). The maximum absolute atomic E-state index is 10.7. The first kappa shape index (κ1) is 19.8. The first-order valence-electron chi connectivity index (χ1n) is 7.59. The molecule has 0 aliphatic heterocycles. The van der Waals surface area contributed by atoms with Crippen molar-refractivity contribution in [2.75, 3.05) is 0 Å². The van der Waals surface area contributed by atoms with Crippen LogP contribution in [-0.4, -0.2) is 33.9 Å². The van der Waals surface area contributed by atoms with Gasteiger partial charge in [-0.2, -0.15) is 10.2 Å². The third kappa shape index (κ3) is 5.80. The summed E-state index contributed by atoms with van der Waals surface area (Å²) >= 11 is 0. The van der Waals surface area contributed by atoms with Crippen LogP contribution in [-0.2, 0) is 0 Å². The lowest BCUT2D eigenvalue weighted by molar-refractivity contribution is -0.385. The third-order valence-corrected chi connectivity index (χ3v) is 3.17. The molecule has 142 valence electrons. The number of rotatable bonds is 6. The Labute approximate surface area is 157 Å². The molecule has 4 N–H and O–H groups in total. The van der Waals surface area contributed by atoms with E-state index in [1.165, 1.54) is 48.8 Å². The Kier molecular flexibility index (Phi) is 6.58. The lowest BCUT2D eigenvalue weighted by Crippen LogP contribution is -2.30. The van der Waals surface area contributed by atoms with Gasteiger partial charge in [0, 0.05) is 35.4 Å². The van der Waals surface area contributed by atoms with E-state index in [-0.39, 0.29) is 23.0 Å². The molecule has 0 bridgehead atoms. The predicted molar refractivity (Wildman–Crippen MR) is 105 cm³/mol. The zero-order chi connectivity index (χ0) is 20.5. The monoisotopic (exact) mass is 382 g/mol. The van der Waals surface area contributed by atoms with Gasteiger partial charge in [-0.25, -0.2) is 0 Å². The fourth-order valence-electron chi connectivity index (χ4n) is 1.86. The Balaban J connectivity index is 2.05. The topological polar surface area (TPSA) is 188 Å². The van der Waals surface area contributed by atoms with Gasteiger partial charge < -0.3 is 11.5 Å². The third-order valence-electron chi connectivity index (χ3n) is 3.17. The SMILES string of the molecule is NC(=NN=Cc1cccc([N+](=O)[O-])c1)C(N)=NN=Cc1cccc([N+](=O)[O-])c1. The van der Waals surface area contributed by atoms with Crippen LogP contribution in [0.25, 0.3) is 0 Å². The normalized spacial score (nSPS) is 12.6. The number of hydrogen-bond acceptors (Lipinski definition) is 8. The van der Waals surface area contributed by atoms with Crippen LogP contribution in [0.15, 0.2) is 68.9 Å². The average Bonchev–Trinajstić information content (AvgIpc) is 2.68. The van der Waals surface area contributed by atoms with Crippen molar-refractivity contribution < 1.29 is 9.85 Å². The molecule has 0 heterocycles. The van der Waals surface area contributed by atoms with Crippen LogP contribution in [0.2, 0.25) is 0 Å². The summed E-state index contributed by atoms with van der Waals surface area (Å²) in [5, 5.41) is 36.1. The van der Waals surface area contributed by atoms with Gasteiger partial charge in [0.15, 0.2) is 11.7 Å². The molecule has 0 radical (unpaired) electrons. The number of non-ortho nitro benzene ring substituents is 2. The highest BCUT2D eigenvalue weighted by Crippen LogP contribution is 2.12. The van der Waals surface area contributed by atoms with E-state index in [1.54, 1.807) is 12.1 Å². The number of amidine groups is 2. The highest BCUT2D eigenvalue weighted by Gasteiger charge is 2.05. The van der Waals surface area contributed by atoms with Gasteiger partial charge in [-0.05, 0) is 0 Å². The van der Waals surface area contributed by atoms with Gasteiger partial charge in [0.2, 0.25) is 0 Å². The molecule has 28 heavy (non-hydrogen) atoms. The smallest absolute Gasteiger partial charge is 0.270 e. The van der Waals surface area contributed by atoms with Crippen LogP contribution in [0.4, 0.5) is 11.4 Å². The lowest BCUT2D eigenvalue weighted by atomic mass is 10.2. The van der Waals surface area contributed by atoms with Crippen molar-refractivity contribution in [3.05, 3.63) is 79.9 Å². The van der Waals surface area contributed by atoms with Gasteiger partial charge in [0.05, 0.1) is 22.3 Å². The molecular weight excluding hydrogens is 368 g/mol. The van der Waals surface area contributed by atoms with E-state index in [9.17, 15) is 20.2 Å². The van der Waals surface area contributed by atoms with Gasteiger partial charge in [0.25, 0.3) is 11.4 Å². The number of nitrogens with zero attached hydrogens (tertiary/aromatic N) is 6. The number of nitrogens with two attached hydrogens (primary N) is 2. The Morgan fingerprint density at radius 3 is 1.54 bits per heavy atom. The van der Waals surface area contributed by atoms with E-state index in [2.05, 4.69) is 20.4 Å². The second kappa shape index (κ2) is 9.28. The summed E-state index contributed by atoms with van der Waals surface area (Å²) in [4.78, 5) is 20.4. The van der Waals surface area contributed by atoms with Crippen molar-refractivity contribution in [1.82, 2.24) is 0 Å². The molecule has 12 heteroatoms. The minimum Gasteiger partial charge on any atom is -0.379 e. The van der Waals surface area contributed by atoms with E-state index in [4.69, 9.17) is 11.5 Å². The average molecular weight is 382 g/mol. The minimum atomic E-state index is -0.529. The van der Waals surface area contributed by atoms with Crippen LogP contribution in [0.5, 0.6) is 0 Å². The largest absolute Gasteiger partial charge is 0.379 e.